The molecule has 2 N–H and O–H groups in total. The van der Waals surface area contributed by atoms with Crippen LogP contribution in [-0.2, 0) is 18.4 Å². The van der Waals surface area contributed by atoms with Gasteiger partial charge in [0.15, 0.2) is 0 Å². The Hall–Kier alpha value is -0.760. The van der Waals surface area contributed by atoms with Gasteiger partial charge in [-0.05, 0) is 12.8 Å². The van der Waals surface area contributed by atoms with Gasteiger partial charge in [-0.2, -0.15) is 0 Å². The molecule has 0 saturated heterocycles. The first-order valence-corrected chi connectivity index (χ1v) is 14.5. The van der Waals surface area contributed by atoms with E-state index in [0.29, 0.717) is 11.0 Å². The standard InChI is InChI=1S/C25H51N2O6P/c1-6-7-8-9-10-11-12-13-14-15-16-17-18-19-25(29)24(26-23(2)28)22-33-34(30,31)32-21-20-27(3,4)5/h18-19,24-25,29H,6-17,20-22H2,1-5H3,(H-,26,28,30,31)/b19-18+/t24-,25+/m0/s1. The van der Waals surface area contributed by atoms with Crippen LogP contribution in [0.1, 0.15) is 90.9 Å². The van der Waals surface area contributed by atoms with Crippen LogP contribution in [0, 0.1) is 0 Å². The molecule has 0 aromatic carbocycles. The summed E-state index contributed by atoms with van der Waals surface area (Å²) in [6.45, 7) is 3.65. The number of aliphatic hydroxyl groups excluding tert-OH is 1. The molecule has 0 aromatic rings. The van der Waals surface area contributed by atoms with E-state index in [1.807, 2.05) is 27.2 Å². The third-order valence-electron chi connectivity index (χ3n) is 5.53. The van der Waals surface area contributed by atoms with Gasteiger partial charge in [0.25, 0.3) is 7.82 Å². The Bertz CT molecular complexity index is 594. The van der Waals surface area contributed by atoms with Crippen LogP contribution < -0.4 is 10.2 Å². The van der Waals surface area contributed by atoms with Crippen molar-refractivity contribution in [3.05, 3.63) is 12.2 Å². The van der Waals surface area contributed by atoms with E-state index in [-0.39, 0.29) is 12.5 Å². The molecule has 0 aliphatic rings. The fourth-order valence-corrected chi connectivity index (χ4v) is 4.14. The van der Waals surface area contributed by atoms with Crippen molar-refractivity contribution in [1.29, 1.82) is 0 Å². The highest BCUT2D eigenvalue weighted by Crippen LogP contribution is 2.38. The fraction of sp³-hybridized carbons (Fsp3) is 0.880. The Morgan fingerprint density at radius 3 is 2.03 bits per heavy atom. The number of phosphoric ester groups is 1. The third-order valence-corrected chi connectivity index (χ3v) is 6.50. The van der Waals surface area contributed by atoms with Gasteiger partial charge in [-0.3, -0.25) is 9.36 Å². The van der Waals surface area contributed by atoms with Crippen molar-refractivity contribution in [3.63, 3.8) is 0 Å². The SMILES string of the molecule is CCCCCCCCCCCCC/C=C/[C@@H](O)[C@H](COP(=O)([O-])OCC[N+](C)(C)C)NC(C)=O. The Morgan fingerprint density at radius 2 is 1.53 bits per heavy atom. The van der Waals surface area contributed by atoms with E-state index < -0.39 is 26.6 Å². The number of hydrogen-bond donors (Lipinski definition) is 2. The predicted molar refractivity (Wildman–Crippen MR) is 136 cm³/mol. The van der Waals surface area contributed by atoms with Crippen molar-refractivity contribution in [1.82, 2.24) is 5.32 Å². The summed E-state index contributed by atoms with van der Waals surface area (Å²) in [5.74, 6) is -0.377. The number of rotatable bonds is 22. The number of aliphatic hydroxyl groups is 1. The lowest BCUT2D eigenvalue weighted by Gasteiger charge is -2.29. The Labute approximate surface area is 208 Å². The number of unbranched alkanes of at least 4 members (excludes halogenated alkanes) is 11. The Morgan fingerprint density at radius 1 is 1.00 bits per heavy atom. The maximum Gasteiger partial charge on any atom is 0.268 e. The molecule has 0 spiro atoms. The summed E-state index contributed by atoms with van der Waals surface area (Å²) in [6.07, 6.45) is 17.3. The molecule has 202 valence electrons. The van der Waals surface area contributed by atoms with Crippen molar-refractivity contribution < 1.29 is 32.9 Å². The average molecular weight is 507 g/mol. The van der Waals surface area contributed by atoms with Gasteiger partial charge in [0, 0.05) is 6.92 Å². The third kappa shape index (κ3) is 21.8. The lowest BCUT2D eigenvalue weighted by molar-refractivity contribution is -0.870. The molecular formula is C25H51N2O6P. The van der Waals surface area contributed by atoms with Crippen LogP contribution in [-0.4, -0.2) is 68.5 Å². The minimum absolute atomic E-state index is 0.00348. The maximum atomic E-state index is 12.0. The van der Waals surface area contributed by atoms with E-state index in [9.17, 15) is 19.4 Å². The number of carbonyl (C=O) groups is 1. The number of nitrogens with one attached hydrogen (secondary N) is 1. The van der Waals surface area contributed by atoms with Crippen molar-refractivity contribution in [2.24, 2.45) is 0 Å². The summed E-state index contributed by atoms with van der Waals surface area (Å²) in [4.78, 5) is 23.5. The number of phosphoric acid groups is 1. The summed E-state index contributed by atoms with van der Waals surface area (Å²) >= 11 is 0. The Balaban J connectivity index is 4.16. The second kappa shape index (κ2) is 19.4. The predicted octanol–water partition coefficient (Wildman–Crippen LogP) is 4.32. The Kier molecular flexibility index (Phi) is 19.0. The molecule has 8 nitrogen and oxygen atoms in total. The summed E-state index contributed by atoms with van der Waals surface area (Å²) < 4.78 is 22.3. The molecule has 0 fully saturated rings. The zero-order chi connectivity index (χ0) is 25.9. The first-order valence-electron chi connectivity index (χ1n) is 13.0. The van der Waals surface area contributed by atoms with Gasteiger partial charge >= 0.3 is 0 Å². The van der Waals surface area contributed by atoms with Crippen molar-refractivity contribution in [2.45, 2.75) is 103 Å². The van der Waals surface area contributed by atoms with E-state index in [1.165, 1.54) is 64.7 Å². The van der Waals surface area contributed by atoms with Gasteiger partial charge in [0.1, 0.15) is 13.2 Å². The summed E-state index contributed by atoms with van der Waals surface area (Å²) in [5.41, 5.74) is 0. The number of nitrogens with zero attached hydrogens (tertiary/aromatic N) is 1. The largest absolute Gasteiger partial charge is 0.756 e. The van der Waals surface area contributed by atoms with Crippen molar-refractivity contribution >= 4 is 13.7 Å². The molecule has 0 aliphatic heterocycles. The number of allylic oxidation sites excluding steroid dienone is 1. The number of quaternary nitrogens is 1. The second-order valence-corrected chi connectivity index (χ2v) is 11.6. The van der Waals surface area contributed by atoms with Crippen LogP contribution in [0.5, 0.6) is 0 Å². The minimum atomic E-state index is -4.52. The van der Waals surface area contributed by atoms with Gasteiger partial charge in [-0.1, -0.05) is 83.3 Å². The van der Waals surface area contributed by atoms with Crippen molar-refractivity contribution in [2.75, 3.05) is 40.9 Å². The summed E-state index contributed by atoms with van der Waals surface area (Å²) in [5, 5.41) is 12.9. The van der Waals surface area contributed by atoms with Gasteiger partial charge in [-0.25, -0.2) is 0 Å². The number of amides is 1. The molecule has 0 saturated carbocycles. The highest BCUT2D eigenvalue weighted by molar-refractivity contribution is 7.45. The normalized spacial score (nSPS) is 15.9. The van der Waals surface area contributed by atoms with Crippen LogP contribution in [0.15, 0.2) is 12.2 Å². The summed E-state index contributed by atoms with van der Waals surface area (Å²) in [7, 11) is 1.25. The van der Waals surface area contributed by atoms with E-state index in [4.69, 9.17) is 9.05 Å². The van der Waals surface area contributed by atoms with Crippen LogP contribution in [0.3, 0.4) is 0 Å². The molecule has 0 bridgehead atoms. The molecule has 1 amide bonds. The van der Waals surface area contributed by atoms with Gasteiger partial charge in [-0.15, -0.1) is 0 Å². The number of carbonyl (C=O) groups excluding carboxylic acids is 1. The molecule has 9 heteroatoms. The number of hydrogen-bond acceptors (Lipinski definition) is 6. The zero-order valence-electron chi connectivity index (χ0n) is 22.3. The first kappa shape index (κ1) is 33.2. The molecule has 0 aromatic heterocycles. The monoisotopic (exact) mass is 506 g/mol. The lowest BCUT2D eigenvalue weighted by atomic mass is 10.0. The van der Waals surface area contributed by atoms with Crippen LogP contribution >= 0.6 is 7.82 Å². The average Bonchev–Trinajstić information content (AvgIpc) is 2.73. The van der Waals surface area contributed by atoms with Crippen molar-refractivity contribution in [3.8, 4) is 0 Å². The van der Waals surface area contributed by atoms with E-state index in [2.05, 4.69) is 12.2 Å². The first-order chi connectivity index (χ1) is 16.0. The van der Waals surface area contributed by atoms with E-state index >= 15 is 0 Å². The highest BCUT2D eigenvalue weighted by Gasteiger charge is 2.22. The van der Waals surface area contributed by atoms with Crippen LogP contribution in [0.2, 0.25) is 0 Å². The highest BCUT2D eigenvalue weighted by atomic mass is 31.2. The lowest BCUT2D eigenvalue weighted by Crippen LogP contribution is -2.45. The van der Waals surface area contributed by atoms with Gasteiger partial charge in [0.05, 0.1) is 39.9 Å². The summed E-state index contributed by atoms with van der Waals surface area (Å²) in [6, 6.07) is -0.879. The maximum absolute atomic E-state index is 12.0. The smallest absolute Gasteiger partial charge is 0.268 e. The minimum Gasteiger partial charge on any atom is -0.756 e. The molecule has 0 aliphatic carbocycles. The van der Waals surface area contributed by atoms with E-state index in [0.717, 1.165) is 19.3 Å². The zero-order valence-corrected chi connectivity index (χ0v) is 23.2. The number of likely N-dealkylation sites (N-methyl/N-ethyl adjacent to an activating group) is 1. The molecule has 3 atom stereocenters. The fourth-order valence-electron chi connectivity index (χ4n) is 3.42. The topological polar surface area (TPSA) is 108 Å². The van der Waals surface area contributed by atoms with Crippen LogP contribution in [0.25, 0.3) is 0 Å². The van der Waals surface area contributed by atoms with E-state index in [1.54, 1.807) is 6.08 Å². The molecular weight excluding hydrogens is 455 g/mol. The molecule has 0 radical (unpaired) electrons. The molecule has 1 unspecified atom stereocenters. The van der Waals surface area contributed by atoms with Gasteiger partial charge < -0.3 is 28.8 Å². The quantitative estimate of drug-likeness (QED) is 0.0980. The van der Waals surface area contributed by atoms with Crippen LogP contribution in [0.4, 0.5) is 0 Å². The second-order valence-electron chi connectivity index (χ2n) is 10.1. The molecule has 0 rings (SSSR count). The van der Waals surface area contributed by atoms with Gasteiger partial charge in [0.2, 0.25) is 5.91 Å². The molecule has 0 heterocycles. The molecule has 34 heavy (non-hydrogen) atoms.